The van der Waals surface area contributed by atoms with Gasteiger partial charge in [0.15, 0.2) is 0 Å². The highest BCUT2D eigenvalue weighted by Crippen LogP contribution is 2.23. The van der Waals surface area contributed by atoms with Crippen molar-refractivity contribution in [1.29, 1.82) is 5.26 Å². The molecule has 0 aromatic heterocycles. The monoisotopic (exact) mass is 293 g/mol. The maximum Gasteiger partial charge on any atom is 0.320 e. The number of hydrogen-bond donors (Lipinski definition) is 1. The van der Waals surface area contributed by atoms with Gasteiger partial charge in [0.05, 0.1) is 6.07 Å². The summed E-state index contributed by atoms with van der Waals surface area (Å²) in [5, 5.41) is 8.47. The number of allylic oxidation sites excluding steroid dienone is 1. The Kier molecular flexibility index (Phi) is 13.1. The lowest BCUT2D eigenvalue weighted by Gasteiger charge is -2.28. The Morgan fingerprint density at radius 3 is 2.25 bits per heavy atom. The molecule has 4 nitrogen and oxygen atoms in total. The van der Waals surface area contributed by atoms with Crippen molar-refractivity contribution >= 4 is 40.0 Å². The van der Waals surface area contributed by atoms with Gasteiger partial charge in [-0.3, -0.25) is 0 Å². The summed E-state index contributed by atoms with van der Waals surface area (Å²) < 4.78 is 11.3. The molecule has 8 heteroatoms. The minimum atomic E-state index is -1.97. The molecule has 0 aromatic carbocycles. The molecule has 94 valence electrons. The van der Waals surface area contributed by atoms with Crippen LogP contribution in [0, 0.1) is 11.3 Å². The van der Waals surface area contributed by atoms with Crippen molar-refractivity contribution in [3.63, 3.8) is 0 Å². The van der Waals surface area contributed by atoms with E-state index in [0.29, 0.717) is 37.9 Å². The highest BCUT2D eigenvalue weighted by molar-refractivity contribution is 6.73. The Morgan fingerprint density at radius 2 is 1.94 bits per heavy atom. The lowest BCUT2D eigenvalue weighted by Crippen LogP contribution is -2.40. The number of rotatable bonds is 7. The summed E-state index contributed by atoms with van der Waals surface area (Å²) in [6.07, 6.45) is 1.49. The third kappa shape index (κ3) is 8.17. The van der Waals surface area contributed by atoms with Crippen molar-refractivity contribution in [1.82, 2.24) is 0 Å². The van der Waals surface area contributed by atoms with E-state index in [1.54, 1.807) is 0 Å². The topological polar surface area (TPSA) is 62.5 Å². The minimum Gasteiger partial charge on any atom is -0.445 e. The maximum atomic E-state index is 8.47. The molecule has 1 N–H and O–H groups in total. The van der Waals surface area contributed by atoms with E-state index in [0.717, 1.165) is 24.1 Å². The van der Waals surface area contributed by atoms with Gasteiger partial charge >= 0.3 is 8.56 Å². The van der Waals surface area contributed by atoms with Gasteiger partial charge in [-0.25, -0.2) is 0 Å². The van der Waals surface area contributed by atoms with Gasteiger partial charge in [-0.1, -0.05) is 5.57 Å². The molecule has 0 aromatic rings. The molecule has 0 saturated heterocycles. The Hall–Kier alpha value is -0.0225. The Balaban J connectivity index is 0. The summed E-state index contributed by atoms with van der Waals surface area (Å²) in [5.41, 5.74) is 1.13. The molecular formula is C8H23NO3Si4. The number of unbranched alkanes of at least 4 members (excludes halogenated alkanes) is 1. The van der Waals surface area contributed by atoms with Crippen LogP contribution in [0.1, 0.15) is 19.8 Å². The quantitative estimate of drug-likeness (QED) is 0.340. The van der Waals surface area contributed by atoms with Crippen LogP contribution < -0.4 is 0 Å². The van der Waals surface area contributed by atoms with E-state index in [-0.39, 0.29) is 0 Å². The molecule has 0 heterocycles. The van der Waals surface area contributed by atoms with E-state index in [1.165, 1.54) is 0 Å². The largest absolute Gasteiger partial charge is 0.445 e. The first-order valence-electron chi connectivity index (χ1n) is 5.16. The predicted molar refractivity (Wildman–Crippen MR) is 79.2 cm³/mol. The Labute approximate surface area is 109 Å². The fraction of sp³-hybridized carbons (Fsp3) is 0.625. The zero-order valence-electron chi connectivity index (χ0n) is 10.7. The molecule has 0 rings (SSSR count). The van der Waals surface area contributed by atoms with Crippen molar-refractivity contribution in [3.05, 3.63) is 12.2 Å². The van der Waals surface area contributed by atoms with Crippen LogP contribution in [-0.4, -0.2) is 44.8 Å². The molecule has 0 atom stereocenters. The highest BCUT2D eigenvalue weighted by atomic mass is 28.4. The van der Waals surface area contributed by atoms with Gasteiger partial charge in [0.25, 0.3) is 0 Å². The summed E-state index contributed by atoms with van der Waals surface area (Å²) in [7, 11) is -0.236. The Morgan fingerprint density at radius 1 is 1.44 bits per heavy atom. The summed E-state index contributed by atoms with van der Waals surface area (Å²) in [4.78, 5) is 7.14. The summed E-state index contributed by atoms with van der Waals surface area (Å²) in [6.45, 7) is 5.91. The third-order valence-corrected chi connectivity index (χ3v) is 10.4. The van der Waals surface area contributed by atoms with Crippen molar-refractivity contribution in [2.45, 2.75) is 31.9 Å². The molecule has 0 aliphatic rings. The molecule has 0 unspecified atom stereocenters. The number of nitrogens with zero attached hydrogens (tertiary/aromatic N) is 1. The van der Waals surface area contributed by atoms with Crippen LogP contribution in [0.5, 0.6) is 0 Å². The first-order valence-corrected chi connectivity index (χ1v) is 9.92. The van der Waals surface area contributed by atoms with E-state index in [4.69, 9.17) is 18.3 Å². The molecule has 0 aliphatic heterocycles. The molecular weight excluding hydrogens is 270 g/mol. The van der Waals surface area contributed by atoms with Crippen LogP contribution in [0.4, 0.5) is 0 Å². The second-order valence-electron chi connectivity index (χ2n) is 3.46. The van der Waals surface area contributed by atoms with E-state index in [9.17, 15) is 0 Å². The standard InChI is InChI=1S/C8H19NO2Si3.H4OSi/c1-8(2)7-14(10-12,11-13)6-4-3-5-9;1-2/h1,3-4,6-7H2,2,12-13H3;1H,2H3. The van der Waals surface area contributed by atoms with E-state index in [2.05, 4.69) is 12.6 Å². The normalized spacial score (nSPS) is 13.6. The first kappa shape index (κ1) is 18.3. The lowest BCUT2D eigenvalue weighted by atomic mass is 10.4. The van der Waals surface area contributed by atoms with Gasteiger partial charge < -0.3 is 13.0 Å². The fourth-order valence-electron chi connectivity index (χ4n) is 1.42. The molecule has 0 saturated carbocycles. The average molecular weight is 294 g/mol. The molecule has 0 bridgehead atoms. The van der Waals surface area contributed by atoms with Gasteiger partial charge in [0.1, 0.15) is 31.5 Å². The van der Waals surface area contributed by atoms with Crippen molar-refractivity contribution in [2.75, 3.05) is 0 Å². The smallest absolute Gasteiger partial charge is 0.320 e. The molecule has 0 aliphatic carbocycles. The molecule has 0 amide bonds. The van der Waals surface area contributed by atoms with Crippen molar-refractivity contribution < 1.29 is 13.0 Å². The molecule has 0 fully saturated rings. The molecule has 0 radical (unpaired) electrons. The van der Waals surface area contributed by atoms with Crippen LogP contribution in [-0.2, 0) is 8.23 Å². The highest BCUT2D eigenvalue weighted by Gasteiger charge is 2.33. The van der Waals surface area contributed by atoms with Crippen LogP contribution in [0.15, 0.2) is 12.2 Å². The minimum absolute atomic E-state index is 0.306. The average Bonchev–Trinajstić information content (AvgIpc) is 2.30. The van der Waals surface area contributed by atoms with Crippen molar-refractivity contribution in [2.24, 2.45) is 0 Å². The van der Waals surface area contributed by atoms with E-state index < -0.39 is 8.56 Å². The lowest BCUT2D eigenvalue weighted by molar-refractivity contribution is 0.420. The summed E-state index contributed by atoms with van der Waals surface area (Å²) in [6, 6.07) is 3.96. The van der Waals surface area contributed by atoms with Gasteiger partial charge in [-0.2, -0.15) is 5.26 Å². The second-order valence-corrected chi connectivity index (χ2v) is 9.41. The van der Waals surface area contributed by atoms with Crippen LogP contribution in [0.3, 0.4) is 0 Å². The van der Waals surface area contributed by atoms with Crippen LogP contribution in [0.2, 0.25) is 12.1 Å². The van der Waals surface area contributed by atoms with Gasteiger partial charge in [-0.05, 0) is 19.4 Å². The van der Waals surface area contributed by atoms with Gasteiger partial charge in [-0.15, -0.1) is 6.58 Å². The summed E-state index contributed by atoms with van der Waals surface area (Å²) >= 11 is 0. The van der Waals surface area contributed by atoms with Gasteiger partial charge in [0.2, 0.25) is 0 Å². The van der Waals surface area contributed by atoms with E-state index in [1.807, 2.05) is 6.92 Å². The van der Waals surface area contributed by atoms with Crippen LogP contribution >= 0.6 is 0 Å². The zero-order chi connectivity index (χ0) is 13.0. The zero-order valence-corrected chi connectivity index (χ0v) is 17.7. The van der Waals surface area contributed by atoms with Crippen molar-refractivity contribution in [3.8, 4) is 6.07 Å². The number of nitriles is 1. The van der Waals surface area contributed by atoms with E-state index >= 15 is 0 Å². The van der Waals surface area contributed by atoms with Crippen LogP contribution in [0.25, 0.3) is 0 Å². The third-order valence-electron chi connectivity index (χ3n) is 2.16. The van der Waals surface area contributed by atoms with Gasteiger partial charge in [0, 0.05) is 12.5 Å². The molecule has 0 spiro atoms. The maximum absolute atomic E-state index is 8.47. The first-order chi connectivity index (χ1) is 7.60. The number of hydrogen-bond acceptors (Lipinski definition) is 4. The SMILES string of the molecule is C=C(C)C[Si](CCCC#N)(O[SiH3])O[SiH3].O[SiH3]. The summed E-state index contributed by atoms with van der Waals surface area (Å²) in [5.74, 6) is 0. The second kappa shape index (κ2) is 11.5. The predicted octanol–water partition coefficient (Wildman–Crippen LogP) is -1.84. The fourth-order valence-corrected chi connectivity index (χ4v) is 8.18. The molecule has 16 heavy (non-hydrogen) atoms. The Bertz CT molecular complexity index is 228.